The first-order valence-electron chi connectivity index (χ1n) is 8.22. The van der Waals surface area contributed by atoms with Gasteiger partial charge in [0, 0.05) is 5.92 Å². The second kappa shape index (κ2) is 3.40. The minimum atomic E-state index is -0.986. The Kier molecular flexibility index (Phi) is 1.86. The van der Waals surface area contributed by atoms with E-state index in [0.717, 1.165) is 12.8 Å². The van der Waals surface area contributed by atoms with Gasteiger partial charge in [-0.2, -0.15) is 0 Å². The molecule has 0 radical (unpaired) electrons. The van der Waals surface area contributed by atoms with Gasteiger partial charge in [0.25, 0.3) is 0 Å². The van der Waals surface area contributed by atoms with Gasteiger partial charge in [0.2, 0.25) is 6.29 Å². The van der Waals surface area contributed by atoms with Crippen molar-refractivity contribution < 1.29 is 29.0 Å². The van der Waals surface area contributed by atoms with E-state index < -0.39 is 6.29 Å². The maximum absolute atomic E-state index is 12.1. The molecule has 2 aliphatic heterocycles. The van der Waals surface area contributed by atoms with Gasteiger partial charge in [-0.3, -0.25) is 14.4 Å². The molecular formula is C16H16O6. The molecule has 2 heterocycles. The lowest BCUT2D eigenvalue weighted by Gasteiger charge is -2.41. The molecule has 11 atom stereocenters. The number of fused-ring (bicyclic) bond motifs is 15. The number of rotatable bonds is 0. The second-order valence-corrected chi connectivity index (χ2v) is 8.00. The smallest absolute Gasteiger partial charge is 0.317 e. The van der Waals surface area contributed by atoms with Crippen LogP contribution < -0.4 is 0 Å². The van der Waals surface area contributed by atoms with Crippen LogP contribution in [0.1, 0.15) is 12.8 Å². The van der Waals surface area contributed by atoms with E-state index in [9.17, 15) is 19.5 Å². The van der Waals surface area contributed by atoms with Crippen LogP contribution in [0.5, 0.6) is 0 Å². The molecule has 2 saturated heterocycles. The summed E-state index contributed by atoms with van der Waals surface area (Å²) in [5.74, 6) is -0.318. The van der Waals surface area contributed by atoms with Crippen molar-refractivity contribution in [1.82, 2.24) is 0 Å². The molecular weight excluding hydrogens is 288 g/mol. The van der Waals surface area contributed by atoms with Crippen LogP contribution in [0, 0.1) is 59.2 Å². The van der Waals surface area contributed by atoms with Gasteiger partial charge >= 0.3 is 17.9 Å². The van der Waals surface area contributed by atoms with Crippen LogP contribution in [0.3, 0.4) is 0 Å². The predicted octanol–water partition coefficient (Wildman–Crippen LogP) is -0.0584. The molecule has 0 aromatic rings. The molecule has 4 saturated carbocycles. The Bertz CT molecular complexity index is 643. The summed E-state index contributed by atoms with van der Waals surface area (Å²) in [5, 5.41) is 10.1. The van der Waals surface area contributed by atoms with E-state index in [1.54, 1.807) is 0 Å². The van der Waals surface area contributed by atoms with E-state index >= 15 is 0 Å². The first-order valence-corrected chi connectivity index (χ1v) is 8.22. The molecule has 6 rings (SSSR count). The third-order valence-electron chi connectivity index (χ3n) is 7.77. The van der Waals surface area contributed by atoms with Crippen LogP contribution in [0.15, 0.2) is 0 Å². The summed E-state index contributed by atoms with van der Waals surface area (Å²) in [6, 6.07) is 0. The maximum atomic E-state index is 12.1. The average molecular weight is 304 g/mol. The second-order valence-electron chi connectivity index (χ2n) is 8.00. The molecule has 1 N–H and O–H groups in total. The molecule has 6 nitrogen and oxygen atoms in total. The monoisotopic (exact) mass is 304 g/mol. The van der Waals surface area contributed by atoms with Gasteiger partial charge in [0.1, 0.15) is 0 Å². The van der Waals surface area contributed by atoms with E-state index in [1.807, 2.05) is 0 Å². The lowest BCUT2D eigenvalue weighted by Crippen LogP contribution is -2.45. The molecule has 0 aromatic heterocycles. The van der Waals surface area contributed by atoms with E-state index in [2.05, 4.69) is 0 Å². The first-order chi connectivity index (χ1) is 10.6. The van der Waals surface area contributed by atoms with Crippen molar-refractivity contribution in [3.63, 3.8) is 0 Å². The van der Waals surface area contributed by atoms with Crippen molar-refractivity contribution in [3.05, 3.63) is 0 Å². The van der Waals surface area contributed by atoms with Crippen LogP contribution in [0.4, 0.5) is 0 Å². The summed E-state index contributed by atoms with van der Waals surface area (Å²) >= 11 is 0. The average Bonchev–Trinajstić information content (AvgIpc) is 3.21. The topological polar surface area (TPSA) is 89.9 Å². The van der Waals surface area contributed by atoms with Gasteiger partial charge in [-0.15, -0.1) is 0 Å². The van der Waals surface area contributed by atoms with E-state index in [1.165, 1.54) is 0 Å². The Morgan fingerprint density at radius 3 is 1.95 bits per heavy atom. The minimum Gasteiger partial charge on any atom is -0.435 e. The molecule has 0 spiro atoms. The van der Waals surface area contributed by atoms with Crippen molar-refractivity contribution in [3.8, 4) is 0 Å². The Morgan fingerprint density at radius 1 is 0.727 bits per heavy atom. The maximum Gasteiger partial charge on any atom is 0.317 e. The molecule has 11 unspecified atom stereocenters. The highest BCUT2D eigenvalue weighted by molar-refractivity contribution is 5.97. The number of ether oxygens (including phenoxy) is 2. The summed E-state index contributed by atoms with van der Waals surface area (Å²) < 4.78 is 9.94. The van der Waals surface area contributed by atoms with Crippen molar-refractivity contribution in [2.45, 2.75) is 19.1 Å². The van der Waals surface area contributed by atoms with Gasteiger partial charge in [0.05, 0.1) is 17.8 Å². The summed E-state index contributed by atoms with van der Waals surface area (Å²) in [7, 11) is 0. The molecule has 4 bridgehead atoms. The normalized spacial score (nSPS) is 63.0. The number of carbonyl (C=O) groups excluding carboxylic acids is 3. The molecule has 6 fully saturated rings. The van der Waals surface area contributed by atoms with E-state index in [0.29, 0.717) is 11.8 Å². The highest BCUT2D eigenvalue weighted by atomic mass is 16.6. The standard InChI is InChI=1S/C16H16O6/c17-13-9-3-1-4(10(9)14(18)21-13)8-6-2-5(7(3)8)11-12(6)16(20)22-15(11)19/h3-13,17H,1-2H2. The van der Waals surface area contributed by atoms with E-state index in [-0.39, 0.29) is 65.3 Å². The molecule has 0 amide bonds. The number of aliphatic hydroxyl groups is 1. The highest BCUT2D eigenvalue weighted by Crippen LogP contribution is 2.74. The Balaban J connectivity index is 1.44. The van der Waals surface area contributed by atoms with E-state index in [4.69, 9.17) is 9.47 Å². The molecule has 0 aromatic carbocycles. The fraction of sp³-hybridized carbons (Fsp3) is 0.812. The number of carbonyl (C=O) groups is 3. The Morgan fingerprint density at radius 2 is 1.27 bits per heavy atom. The van der Waals surface area contributed by atoms with Gasteiger partial charge in [-0.05, 0) is 48.3 Å². The lowest BCUT2D eigenvalue weighted by molar-refractivity contribution is -0.159. The van der Waals surface area contributed by atoms with Crippen molar-refractivity contribution in [1.29, 1.82) is 0 Å². The zero-order valence-corrected chi connectivity index (χ0v) is 11.8. The van der Waals surface area contributed by atoms with Crippen molar-refractivity contribution in [2.24, 2.45) is 59.2 Å². The molecule has 4 aliphatic carbocycles. The predicted molar refractivity (Wildman–Crippen MR) is 67.3 cm³/mol. The van der Waals surface area contributed by atoms with Crippen molar-refractivity contribution in [2.75, 3.05) is 0 Å². The van der Waals surface area contributed by atoms with Crippen LogP contribution in [-0.4, -0.2) is 29.3 Å². The third kappa shape index (κ3) is 1.03. The fourth-order valence-electron chi connectivity index (χ4n) is 7.56. The highest BCUT2D eigenvalue weighted by Gasteiger charge is 2.76. The number of hydrogen-bond acceptors (Lipinski definition) is 6. The van der Waals surface area contributed by atoms with Crippen LogP contribution >= 0.6 is 0 Å². The van der Waals surface area contributed by atoms with Gasteiger partial charge in [-0.1, -0.05) is 0 Å². The molecule has 116 valence electrons. The molecule has 6 aliphatic rings. The SMILES string of the molecule is O=C1OC(=O)C2C3CC(C12)C1C2CC(C4C(O)OC(=O)C24)C31. The number of esters is 3. The largest absolute Gasteiger partial charge is 0.435 e. The van der Waals surface area contributed by atoms with Gasteiger partial charge < -0.3 is 14.6 Å². The fourth-order valence-corrected chi connectivity index (χ4v) is 7.56. The third-order valence-corrected chi connectivity index (χ3v) is 7.77. The zero-order valence-electron chi connectivity index (χ0n) is 11.8. The number of cyclic esters (lactones) is 3. The van der Waals surface area contributed by atoms with Crippen LogP contribution in [0.25, 0.3) is 0 Å². The Labute approximate surface area is 126 Å². The van der Waals surface area contributed by atoms with Crippen molar-refractivity contribution >= 4 is 17.9 Å². The number of aliphatic hydroxyl groups excluding tert-OH is 1. The minimum absolute atomic E-state index is 0.107. The van der Waals surface area contributed by atoms with Crippen LogP contribution in [0.2, 0.25) is 0 Å². The van der Waals surface area contributed by atoms with Gasteiger partial charge in [0.15, 0.2) is 0 Å². The summed E-state index contributed by atoms with van der Waals surface area (Å²) in [6.45, 7) is 0. The lowest BCUT2D eigenvalue weighted by atomic mass is 9.59. The summed E-state index contributed by atoms with van der Waals surface area (Å²) in [5.41, 5.74) is 0. The molecule has 22 heavy (non-hydrogen) atoms. The molecule has 6 heteroatoms. The number of hydrogen-bond donors (Lipinski definition) is 1. The summed E-state index contributed by atoms with van der Waals surface area (Å²) in [6.07, 6.45) is 0.857. The Hall–Kier alpha value is -1.43. The van der Waals surface area contributed by atoms with Gasteiger partial charge in [-0.25, -0.2) is 0 Å². The zero-order chi connectivity index (χ0) is 14.9. The first kappa shape index (κ1) is 12.0. The quantitative estimate of drug-likeness (QED) is 0.383. The van der Waals surface area contributed by atoms with Crippen LogP contribution in [-0.2, 0) is 23.9 Å². The summed E-state index contributed by atoms with van der Waals surface area (Å²) in [4.78, 5) is 36.1.